The molecule has 0 radical (unpaired) electrons. The van der Waals surface area contributed by atoms with Crippen molar-refractivity contribution in [2.45, 2.75) is 38.8 Å². The number of rotatable bonds is 5. The second-order valence-corrected chi connectivity index (χ2v) is 6.78. The van der Waals surface area contributed by atoms with Gasteiger partial charge in [-0.1, -0.05) is 43.3 Å². The van der Waals surface area contributed by atoms with Gasteiger partial charge >= 0.3 is 0 Å². The van der Waals surface area contributed by atoms with Crippen molar-refractivity contribution < 1.29 is 4.74 Å². The Balaban J connectivity index is 1.66. The molecule has 27 heavy (non-hydrogen) atoms. The van der Waals surface area contributed by atoms with E-state index in [4.69, 9.17) is 10.5 Å². The summed E-state index contributed by atoms with van der Waals surface area (Å²) in [4.78, 5) is 4.38. The number of benzene rings is 2. The number of nitrogens with zero attached hydrogens (tertiary/aromatic N) is 3. The molecule has 0 amide bonds. The lowest BCUT2D eigenvalue weighted by Crippen LogP contribution is -2.28. The van der Waals surface area contributed by atoms with Crippen molar-refractivity contribution in [1.29, 1.82) is 0 Å². The highest BCUT2D eigenvalue weighted by atomic mass is 16.5. The highest BCUT2D eigenvalue weighted by molar-refractivity contribution is 5.42. The molecule has 0 saturated carbocycles. The average molecular weight is 363 g/mol. The molecule has 6 heteroatoms. The zero-order valence-corrected chi connectivity index (χ0v) is 15.7. The van der Waals surface area contributed by atoms with Crippen molar-refractivity contribution in [2.75, 3.05) is 17.7 Å². The molecule has 2 heterocycles. The number of nitrogens with two attached hydrogens (primary N) is 1. The van der Waals surface area contributed by atoms with Gasteiger partial charge in [0.2, 0.25) is 11.9 Å². The summed E-state index contributed by atoms with van der Waals surface area (Å²) in [7, 11) is 0. The summed E-state index contributed by atoms with van der Waals surface area (Å²) >= 11 is 0. The first kappa shape index (κ1) is 17.4. The second-order valence-electron chi connectivity index (χ2n) is 6.78. The Morgan fingerprint density at radius 1 is 1.07 bits per heavy atom. The Morgan fingerprint density at radius 2 is 1.78 bits per heavy atom. The lowest BCUT2D eigenvalue weighted by molar-refractivity contribution is 0.340. The fourth-order valence-electron chi connectivity index (χ4n) is 3.63. The van der Waals surface area contributed by atoms with Crippen LogP contribution in [0.2, 0.25) is 0 Å². The van der Waals surface area contributed by atoms with E-state index in [0.29, 0.717) is 18.5 Å². The van der Waals surface area contributed by atoms with E-state index >= 15 is 0 Å². The Labute approximate surface area is 159 Å². The molecule has 0 fully saturated rings. The number of nitrogen functional groups attached to an aromatic ring is 1. The monoisotopic (exact) mass is 363 g/mol. The Bertz CT molecular complexity index is 901. The van der Waals surface area contributed by atoms with Crippen molar-refractivity contribution >= 4 is 11.9 Å². The van der Waals surface area contributed by atoms with Gasteiger partial charge in [-0.05, 0) is 48.6 Å². The molecule has 1 aliphatic rings. The highest BCUT2D eigenvalue weighted by Gasteiger charge is 2.30. The van der Waals surface area contributed by atoms with Crippen LogP contribution in [0.3, 0.4) is 0 Å². The van der Waals surface area contributed by atoms with Crippen LogP contribution in [0.15, 0.2) is 48.5 Å². The van der Waals surface area contributed by atoms with Crippen LogP contribution in [0, 0.1) is 0 Å². The van der Waals surface area contributed by atoms with E-state index in [1.54, 1.807) is 0 Å². The maximum absolute atomic E-state index is 5.88. The smallest absolute Gasteiger partial charge is 0.241 e. The quantitative estimate of drug-likeness (QED) is 0.717. The van der Waals surface area contributed by atoms with Gasteiger partial charge in [0.15, 0.2) is 0 Å². The fourth-order valence-corrected chi connectivity index (χ4v) is 3.63. The lowest BCUT2D eigenvalue weighted by Gasteiger charge is -2.31. The molecule has 0 bridgehead atoms. The van der Waals surface area contributed by atoms with E-state index in [9.17, 15) is 0 Å². The second kappa shape index (κ2) is 7.31. The lowest BCUT2D eigenvalue weighted by atomic mass is 9.93. The van der Waals surface area contributed by atoms with Gasteiger partial charge in [0.25, 0.3) is 0 Å². The largest absolute Gasteiger partial charge is 0.494 e. The van der Waals surface area contributed by atoms with Crippen LogP contribution >= 0.6 is 0 Å². The summed E-state index contributed by atoms with van der Waals surface area (Å²) in [5, 5.41) is 7.90. The number of nitrogens with one attached hydrogen (secondary N) is 1. The molecular formula is C21H25N5O. The first-order valence-electron chi connectivity index (χ1n) is 9.48. The van der Waals surface area contributed by atoms with Crippen molar-refractivity contribution in [3.8, 4) is 5.75 Å². The van der Waals surface area contributed by atoms with Crippen LogP contribution in [-0.4, -0.2) is 21.4 Å². The molecule has 140 valence electrons. The normalized spacial score (nSPS) is 18.6. The molecule has 2 aromatic carbocycles. The summed E-state index contributed by atoms with van der Waals surface area (Å²) in [5.74, 6) is 1.89. The standard InChI is InChI=1S/C21H25N5O/c1-3-14-5-7-16(8-6-14)19-13-18(23-21-24-20(22)25-26(19)21)15-9-11-17(12-10-15)27-4-2/h5-12,18-19H,3-4,13H2,1-2H3,(H3,22,23,24,25)/t18-,19+/m0/s1. The maximum Gasteiger partial charge on any atom is 0.241 e. The van der Waals surface area contributed by atoms with E-state index in [1.807, 2.05) is 23.7 Å². The summed E-state index contributed by atoms with van der Waals surface area (Å²) in [6, 6.07) is 17.2. The van der Waals surface area contributed by atoms with Crippen LogP contribution in [0.1, 0.15) is 49.0 Å². The molecule has 0 aliphatic carbocycles. The minimum absolute atomic E-state index is 0.0912. The number of fused-ring (bicyclic) bond motifs is 1. The molecule has 6 nitrogen and oxygen atoms in total. The van der Waals surface area contributed by atoms with Crippen LogP contribution in [0.4, 0.5) is 11.9 Å². The molecule has 0 unspecified atom stereocenters. The number of hydrogen-bond acceptors (Lipinski definition) is 5. The number of ether oxygens (including phenoxy) is 1. The van der Waals surface area contributed by atoms with Crippen LogP contribution in [-0.2, 0) is 6.42 Å². The average Bonchev–Trinajstić information content (AvgIpc) is 3.08. The van der Waals surface area contributed by atoms with E-state index in [1.165, 1.54) is 16.7 Å². The first-order valence-corrected chi connectivity index (χ1v) is 9.48. The third-order valence-corrected chi connectivity index (χ3v) is 5.07. The summed E-state index contributed by atoms with van der Waals surface area (Å²) < 4.78 is 7.46. The van der Waals surface area contributed by atoms with E-state index in [2.05, 4.69) is 58.7 Å². The van der Waals surface area contributed by atoms with Gasteiger partial charge in [-0.15, -0.1) is 5.10 Å². The third-order valence-electron chi connectivity index (χ3n) is 5.07. The van der Waals surface area contributed by atoms with Gasteiger partial charge in [-0.3, -0.25) is 0 Å². The molecular weight excluding hydrogens is 338 g/mol. The Kier molecular flexibility index (Phi) is 4.71. The van der Waals surface area contributed by atoms with Gasteiger partial charge in [0, 0.05) is 0 Å². The molecule has 4 rings (SSSR count). The van der Waals surface area contributed by atoms with Gasteiger partial charge in [0.1, 0.15) is 5.75 Å². The SMILES string of the molecule is CCOc1ccc([C@@H]2C[C@H](c3ccc(CC)cc3)n3nc(N)nc3N2)cc1. The summed E-state index contributed by atoms with van der Waals surface area (Å²) in [6.45, 7) is 4.82. The van der Waals surface area contributed by atoms with Crippen molar-refractivity contribution in [3.63, 3.8) is 0 Å². The topological polar surface area (TPSA) is 78.0 Å². The van der Waals surface area contributed by atoms with Crippen molar-refractivity contribution in [2.24, 2.45) is 0 Å². The predicted octanol–water partition coefficient (Wildman–Crippen LogP) is 3.97. The van der Waals surface area contributed by atoms with Gasteiger partial charge in [0.05, 0.1) is 18.7 Å². The van der Waals surface area contributed by atoms with Crippen molar-refractivity contribution in [1.82, 2.24) is 14.8 Å². The van der Waals surface area contributed by atoms with E-state index in [0.717, 1.165) is 18.6 Å². The van der Waals surface area contributed by atoms with E-state index in [-0.39, 0.29) is 12.1 Å². The molecule has 0 spiro atoms. The summed E-state index contributed by atoms with van der Waals surface area (Å²) in [6.07, 6.45) is 1.90. The minimum atomic E-state index is 0.0912. The fraction of sp³-hybridized carbons (Fsp3) is 0.333. The highest BCUT2D eigenvalue weighted by Crippen LogP contribution is 2.38. The third kappa shape index (κ3) is 3.47. The van der Waals surface area contributed by atoms with Crippen LogP contribution in [0.5, 0.6) is 5.75 Å². The zero-order chi connectivity index (χ0) is 18.8. The van der Waals surface area contributed by atoms with Crippen LogP contribution in [0.25, 0.3) is 0 Å². The molecule has 1 aliphatic heterocycles. The van der Waals surface area contributed by atoms with Crippen LogP contribution < -0.4 is 15.8 Å². The molecule has 3 N–H and O–H groups in total. The first-order chi connectivity index (χ1) is 13.2. The van der Waals surface area contributed by atoms with E-state index < -0.39 is 0 Å². The molecule has 2 atom stereocenters. The minimum Gasteiger partial charge on any atom is -0.494 e. The Morgan fingerprint density at radius 3 is 2.44 bits per heavy atom. The number of anilines is 2. The van der Waals surface area contributed by atoms with Gasteiger partial charge < -0.3 is 15.8 Å². The number of hydrogen-bond donors (Lipinski definition) is 2. The summed E-state index contributed by atoms with van der Waals surface area (Å²) in [5.41, 5.74) is 9.62. The van der Waals surface area contributed by atoms with Gasteiger partial charge in [-0.2, -0.15) is 4.98 Å². The number of aromatic nitrogens is 3. The van der Waals surface area contributed by atoms with Gasteiger partial charge in [-0.25, -0.2) is 4.68 Å². The molecule has 1 aromatic heterocycles. The zero-order valence-electron chi connectivity index (χ0n) is 15.7. The Hall–Kier alpha value is -3.02. The molecule has 3 aromatic rings. The number of aryl methyl sites for hydroxylation is 1. The molecule has 0 saturated heterocycles. The predicted molar refractivity (Wildman–Crippen MR) is 107 cm³/mol. The maximum atomic E-state index is 5.88. The van der Waals surface area contributed by atoms with Crippen molar-refractivity contribution in [3.05, 3.63) is 65.2 Å².